The maximum absolute atomic E-state index is 12.2. The van der Waals surface area contributed by atoms with Gasteiger partial charge in [0.05, 0.1) is 23.8 Å². The predicted molar refractivity (Wildman–Crippen MR) is 94.6 cm³/mol. The molecule has 0 saturated heterocycles. The fourth-order valence-electron chi connectivity index (χ4n) is 2.36. The van der Waals surface area contributed by atoms with E-state index in [4.69, 9.17) is 4.74 Å². The average Bonchev–Trinajstić information content (AvgIpc) is 3.15. The van der Waals surface area contributed by atoms with E-state index in [1.807, 2.05) is 19.1 Å². The Kier molecular flexibility index (Phi) is 5.36. The number of amides is 1. The molecule has 0 bridgehead atoms. The fraction of sp³-hybridized carbons (Fsp3) is 0.176. The maximum atomic E-state index is 12.2. The monoisotopic (exact) mass is 368 g/mol. The van der Waals surface area contributed by atoms with Crippen LogP contribution in [-0.2, 0) is 6.54 Å². The highest BCUT2D eigenvalue weighted by Crippen LogP contribution is 2.16. The number of carbonyl (C=O) groups excluding carboxylic acids is 1. The number of non-ortho nitro benzene ring substituents is 1. The molecule has 0 aliphatic rings. The molecule has 3 rings (SSSR count). The van der Waals surface area contributed by atoms with Crippen molar-refractivity contribution < 1.29 is 14.5 Å². The van der Waals surface area contributed by atoms with Gasteiger partial charge < -0.3 is 10.1 Å². The molecule has 1 amide bonds. The van der Waals surface area contributed by atoms with Crippen LogP contribution < -0.4 is 10.1 Å². The third kappa shape index (κ3) is 4.24. The van der Waals surface area contributed by atoms with Gasteiger partial charge in [0.1, 0.15) is 5.75 Å². The summed E-state index contributed by atoms with van der Waals surface area (Å²) in [5.74, 6) is 0.794. The molecular weight excluding hydrogens is 352 g/mol. The van der Waals surface area contributed by atoms with E-state index in [9.17, 15) is 14.9 Å². The van der Waals surface area contributed by atoms with Crippen molar-refractivity contribution in [2.75, 3.05) is 6.61 Å². The highest BCUT2D eigenvalue weighted by Gasteiger charge is 2.12. The number of tetrazole rings is 1. The molecular formula is C17H16N6O4. The average molecular weight is 368 g/mol. The van der Waals surface area contributed by atoms with Gasteiger partial charge in [-0.2, -0.15) is 4.68 Å². The van der Waals surface area contributed by atoms with E-state index in [1.54, 1.807) is 12.1 Å². The van der Waals surface area contributed by atoms with Crippen LogP contribution in [-0.4, -0.2) is 37.6 Å². The standard InChI is InChI=1S/C17H16N6O4/c1-2-27-15-9-7-13(8-10-15)22-16(19-20-21-22)11-18-17(24)12-3-5-14(6-4-12)23(25)26/h3-10H,2,11H2,1H3,(H,18,24). The summed E-state index contributed by atoms with van der Waals surface area (Å²) in [6, 6.07) is 12.6. The van der Waals surface area contributed by atoms with Gasteiger partial charge in [0, 0.05) is 17.7 Å². The summed E-state index contributed by atoms with van der Waals surface area (Å²) in [7, 11) is 0. The summed E-state index contributed by atoms with van der Waals surface area (Å²) >= 11 is 0. The Hall–Kier alpha value is -3.82. The van der Waals surface area contributed by atoms with Crippen LogP contribution in [0.5, 0.6) is 5.75 Å². The van der Waals surface area contributed by atoms with E-state index < -0.39 is 4.92 Å². The minimum atomic E-state index is -0.521. The summed E-state index contributed by atoms with van der Waals surface area (Å²) < 4.78 is 6.91. The van der Waals surface area contributed by atoms with Crippen molar-refractivity contribution >= 4 is 11.6 Å². The molecule has 10 nitrogen and oxygen atoms in total. The number of benzene rings is 2. The van der Waals surface area contributed by atoms with E-state index in [1.165, 1.54) is 28.9 Å². The van der Waals surface area contributed by atoms with Gasteiger partial charge in [-0.1, -0.05) is 0 Å². The number of hydrogen-bond donors (Lipinski definition) is 1. The quantitative estimate of drug-likeness (QED) is 0.498. The van der Waals surface area contributed by atoms with Crippen molar-refractivity contribution in [3.05, 3.63) is 70.0 Å². The normalized spacial score (nSPS) is 10.4. The zero-order valence-electron chi connectivity index (χ0n) is 14.4. The maximum Gasteiger partial charge on any atom is 0.269 e. The van der Waals surface area contributed by atoms with Crippen LogP contribution in [0.25, 0.3) is 5.69 Å². The van der Waals surface area contributed by atoms with Crippen LogP contribution in [0.3, 0.4) is 0 Å². The van der Waals surface area contributed by atoms with Crippen molar-refractivity contribution in [3.8, 4) is 11.4 Å². The molecule has 138 valence electrons. The third-order valence-corrected chi connectivity index (χ3v) is 3.67. The number of nitro groups is 1. The number of hydrogen-bond acceptors (Lipinski definition) is 7. The first-order valence-corrected chi connectivity index (χ1v) is 8.11. The van der Waals surface area contributed by atoms with Crippen LogP contribution in [0.4, 0.5) is 5.69 Å². The Balaban J connectivity index is 1.67. The second kappa shape index (κ2) is 8.04. The summed E-state index contributed by atoms with van der Waals surface area (Å²) in [5.41, 5.74) is 0.953. The highest BCUT2D eigenvalue weighted by molar-refractivity contribution is 5.94. The third-order valence-electron chi connectivity index (χ3n) is 3.67. The number of rotatable bonds is 7. The topological polar surface area (TPSA) is 125 Å². The van der Waals surface area contributed by atoms with Gasteiger partial charge in [0.25, 0.3) is 11.6 Å². The van der Waals surface area contributed by atoms with Gasteiger partial charge >= 0.3 is 0 Å². The molecule has 0 aliphatic carbocycles. The predicted octanol–water partition coefficient (Wildman–Crippen LogP) is 1.90. The Morgan fingerprint density at radius 3 is 2.52 bits per heavy atom. The van der Waals surface area contributed by atoms with Gasteiger partial charge in [-0.3, -0.25) is 14.9 Å². The van der Waals surface area contributed by atoms with Gasteiger partial charge in [-0.25, -0.2) is 0 Å². The number of aromatic nitrogens is 4. The number of nitro benzene ring substituents is 1. The fourth-order valence-corrected chi connectivity index (χ4v) is 2.36. The van der Waals surface area contributed by atoms with E-state index in [0.29, 0.717) is 18.0 Å². The molecule has 2 aromatic carbocycles. The molecule has 0 spiro atoms. The first-order valence-electron chi connectivity index (χ1n) is 8.11. The zero-order valence-corrected chi connectivity index (χ0v) is 14.4. The summed E-state index contributed by atoms with van der Waals surface area (Å²) in [5, 5.41) is 24.9. The van der Waals surface area contributed by atoms with Crippen molar-refractivity contribution in [1.29, 1.82) is 0 Å². The Labute approximate surface area is 153 Å². The van der Waals surface area contributed by atoms with Crippen LogP contribution in [0.1, 0.15) is 23.1 Å². The molecule has 0 saturated carbocycles. The lowest BCUT2D eigenvalue weighted by Gasteiger charge is -2.08. The Bertz CT molecular complexity index is 937. The minimum absolute atomic E-state index is 0.0778. The molecule has 27 heavy (non-hydrogen) atoms. The van der Waals surface area contributed by atoms with E-state index in [0.717, 1.165) is 11.4 Å². The summed E-state index contributed by atoms with van der Waals surface area (Å²) in [6.07, 6.45) is 0. The lowest BCUT2D eigenvalue weighted by molar-refractivity contribution is -0.384. The van der Waals surface area contributed by atoms with E-state index in [-0.39, 0.29) is 18.1 Å². The molecule has 1 heterocycles. The number of carbonyl (C=O) groups is 1. The second-order valence-corrected chi connectivity index (χ2v) is 5.42. The number of ether oxygens (including phenoxy) is 1. The molecule has 3 aromatic rings. The lowest BCUT2D eigenvalue weighted by atomic mass is 10.2. The molecule has 0 aliphatic heterocycles. The summed E-state index contributed by atoms with van der Waals surface area (Å²) in [6.45, 7) is 2.57. The first-order chi connectivity index (χ1) is 13.1. The molecule has 0 atom stereocenters. The zero-order chi connectivity index (χ0) is 19.2. The van der Waals surface area contributed by atoms with Crippen molar-refractivity contribution in [1.82, 2.24) is 25.5 Å². The van der Waals surface area contributed by atoms with Crippen molar-refractivity contribution in [2.24, 2.45) is 0 Å². The molecule has 10 heteroatoms. The SMILES string of the molecule is CCOc1ccc(-n2nnnc2CNC(=O)c2ccc([N+](=O)[O-])cc2)cc1. The largest absolute Gasteiger partial charge is 0.494 e. The van der Waals surface area contributed by atoms with Crippen molar-refractivity contribution in [2.45, 2.75) is 13.5 Å². The Morgan fingerprint density at radius 2 is 1.89 bits per heavy atom. The second-order valence-electron chi connectivity index (χ2n) is 5.42. The number of nitrogens with zero attached hydrogens (tertiary/aromatic N) is 5. The van der Waals surface area contributed by atoms with Gasteiger partial charge in [-0.05, 0) is 53.7 Å². The molecule has 1 aromatic heterocycles. The minimum Gasteiger partial charge on any atom is -0.494 e. The highest BCUT2D eigenvalue weighted by atomic mass is 16.6. The van der Waals surface area contributed by atoms with E-state index >= 15 is 0 Å². The first kappa shape index (κ1) is 18.0. The van der Waals surface area contributed by atoms with Crippen LogP contribution >= 0.6 is 0 Å². The van der Waals surface area contributed by atoms with Crippen LogP contribution in [0, 0.1) is 10.1 Å². The van der Waals surface area contributed by atoms with Crippen molar-refractivity contribution in [3.63, 3.8) is 0 Å². The molecule has 0 fully saturated rings. The van der Waals surface area contributed by atoms with Gasteiger partial charge in [0.2, 0.25) is 0 Å². The van der Waals surface area contributed by atoms with Gasteiger partial charge in [-0.15, -0.1) is 5.10 Å². The van der Waals surface area contributed by atoms with Gasteiger partial charge in [0.15, 0.2) is 5.82 Å². The number of nitrogens with one attached hydrogen (secondary N) is 1. The smallest absolute Gasteiger partial charge is 0.269 e. The molecule has 1 N–H and O–H groups in total. The lowest BCUT2D eigenvalue weighted by Crippen LogP contribution is -2.24. The van der Waals surface area contributed by atoms with Crippen LogP contribution in [0.2, 0.25) is 0 Å². The molecule has 0 unspecified atom stereocenters. The Morgan fingerprint density at radius 1 is 1.19 bits per heavy atom. The summed E-state index contributed by atoms with van der Waals surface area (Å²) in [4.78, 5) is 22.4. The van der Waals surface area contributed by atoms with E-state index in [2.05, 4.69) is 20.8 Å². The van der Waals surface area contributed by atoms with Crippen LogP contribution in [0.15, 0.2) is 48.5 Å². The molecule has 0 radical (unpaired) electrons.